The molecule has 0 unspecified atom stereocenters. The van der Waals surface area contributed by atoms with Crippen molar-refractivity contribution in [3.63, 3.8) is 0 Å². The highest BCUT2D eigenvalue weighted by atomic mass is 35.5. The lowest BCUT2D eigenvalue weighted by Crippen LogP contribution is -2.52. The molecule has 0 radical (unpaired) electrons. The number of methoxy groups -OCH3 is 1. The predicted octanol–water partition coefficient (Wildman–Crippen LogP) is 3.59. The molecular weight excluding hydrogens is 490 g/mol. The second kappa shape index (κ2) is 11.8. The molecule has 8 nitrogen and oxygen atoms in total. The zero-order chi connectivity index (χ0) is 25.6. The minimum atomic E-state index is -3.79. The Morgan fingerprint density at radius 3 is 2.31 bits per heavy atom. The van der Waals surface area contributed by atoms with Crippen LogP contribution in [-0.2, 0) is 26.2 Å². The molecule has 1 aliphatic carbocycles. The number of ether oxygens (including phenoxy) is 1. The number of rotatable bonds is 10. The van der Waals surface area contributed by atoms with Crippen molar-refractivity contribution < 1.29 is 22.7 Å². The molecule has 3 rings (SSSR count). The van der Waals surface area contributed by atoms with E-state index in [2.05, 4.69) is 5.32 Å². The molecule has 0 heterocycles. The van der Waals surface area contributed by atoms with E-state index in [0.29, 0.717) is 22.0 Å². The van der Waals surface area contributed by atoms with Gasteiger partial charge in [-0.05, 0) is 55.7 Å². The van der Waals surface area contributed by atoms with Crippen LogP contribution in [-0.4, -0.2) is 57.1 Å². The second-order valence-corrected chi connectivity index (χ2v) is 11.1. The molecule has 1 aliphatic rings. The van der Waals surface area contributed by atoms with Gasteiger partial charge in [-0.1, -0.05) is 42.6 Å². The Hall–Kier alpha value is -2.78. The summed E-state index contributed by atoms with van der Waals surface area (Å²) in [6.07, 6.45) is 4.99. The molecule has 2 aromatic carbocycles. The standard InChI is InChI=1S/C25H32ClN3O5S/c1-18(25(31)27-20-9-5-6-10-20)28(16-19-8-4-7-11-23(19)26)24(30)17-29(35(3,32)33)21-12-14-22(34-2)15-13-21/h4,7-8,11-15,18,20H,5-6,9-10,16-17H2,1-3H3,(H,27,31)/t18-/m0/s1. The van der Waals surface area contributed by atoms with Gasteiger partial charge in [0.25, 0.3) is 0 Å². The highest BCUT2D eigenvalue weighted by molar-refractivity contribution is 7.92. The van der Waals surface area contributed by atoms with E-state index in [1.54, 1.807) is 55.5 Å². The Bertz CT molecular complexity index is 1130. The number of hydrogen-bond donors (Lipinski definition) is 1. The number of nitrogens with zero attached hydrogens (tertiary/aromatic N) is 2. The average Bonchev–Trinajstić information content (AvgIpc) is 3.34. The molecule has 0 spiro atoms. The Labute approximate surface area is 212 Å². The maximum atomic E-state index is 13.6. The van der Waals surface area contributed by atoms with Crippen LogP contribution in [0.1, 0.15) is 38.2 Å². The van der Waals surface area contributed by atoms with Crippen molar-refractivity contribution in [2.45, 2.75) is 51.2 Å². The third-order valence-corrected chi connectivity index (χ3v) is 7.72. The molecule has 1 N–H and O–H groups in total. The SMILES string of the molecule is COc1ccc(N(CC(=O)N(Cc2ccccc2Cl)[C@@H](C)C(=O)NC2CCCC2)S(C)(=O)=O)cc1. The highest BCUT2D eigenvalue weighted by Gasteiger charge is 2.31. The van der Waals surface area contributed by atoms with Crippen LogP contribution in [0.2, 0.25) is 5.02 Å². The molecule has 0 saturated heterocycles. The quantitative estimate of drug-likeness (QED) is 0.515. The van der Waals surface area contributed by atoms with Gasteiger partial charge in [0.1, 0.15) is 18.3 Å². The summed E-state index contributed by atoms with van der Waals surface area (Å²) in [5, 5.41) is 3.49. The first-order valence-electron chi connectivity index (χ1n) is 11.5. The molecule has 0 aromatic heterocycles. The van der Waals surface area contributed by atoms with Crippen molar-refractivity contribution in [1.29, 1.82) is 0 Å². The maximum absolute atomic E-state index is 13.6. The fourth-order valence-electron chi connectivity index (χ4n) is 4.15. The Morgan fingerprint density at radius 2 is 1.74 bits per heavy atom. The van der Waals surface area contributed by atoms with Crippen molar-refractivity contribution in [3.05, 3.63) is 59.1 Å². The van der Waals surface area contributed by atoms with Gasteiger partial charge in [-0.25, -0.2) is 8.42 Å². The normalized spacial score (nSPS) is 14.9. The lowest BCUT2D eigenvalue weighted by atomic mass is 10.1. The monoisotopic (exact) mass is 521 g/mol. The smallest absolute Gasteiger partial charge is 0.244 e. The third kappa shape index (κ3) is 7.11. The molecule has 0 aliphatic heterocycles. The Balaban J connectivity index is 1.88. The number of hydrogen-bond acceptors (Lipinski definition) is 5. The van der Waals surface area contributed by atoms with E-state index in [1.807, 2.05) is 0 Å². The number of nitrogens with one attached hydrogen (secondary N) is 1. The molecule has 2 amide bonds. The van der Waals surface area contributed by atoms with E-state index in [9.17, 15) is 18.0 Å². The van der Waals surface area contributed by atoms with Crippen molar-refractivity contribution in [1.82, 2.24) is 10.2 Å². The van der Waals surface area contributed by atoms with Crippen molar-refractivity contribution >= 4 is 39.1 Å². The predicted molar refractivity (Wildman–Crippen MR) is 137 cm³/mol. The highest BCUT2D eigenvalue weighted by Crippen LogP contribution is 2.24. The third-order valence-electron chi connectivity index (χ3n) is 6.21. The zero-order valence-electron chi connectivity index (χ0n) is 20.2. The van der Waals surface area contributed by atoms with Gasteiger partial charge < -0.3 is 15.0 Å². The van der Waals surface area contributed by atoms with Gasteiger partial charge in [-0.15, -0.1) is 0 Å². The summed E-state index contributed by atoms with van der Waals surface area (Å²) in [5.74, 6) is -0.223. The van der Waals surface area contributed by atoms with E-state index in [0.717, 1.165) is 36.2 Å². The van der Waals surface area contributed by atoms with Crippen LogP contribution in [0.4, 0.5) is 5.69 Å². The molecule has 35 heavy (non-hydrogen) atoms. The van der Waals surface area contributed by atoms with Gasteiger partial charge in [-0.2, -0.15) is 0 Å². The fourth-order valence-corrected chi connectivity index (χ4v) is 5.19. The van der Waals surface area contributed by atoms with Gasteiger partial charge in [0.05, 0.1) is 19.1 Å². The van der Waals surface area contributed by atoms with Gasteiger partial charge >= 0.3 is 0 Å². The minimum absolute atomic E-state index is 0.0674. The molecule has 1 saturated carbocycles. The number of sulfonamides is 1. The molecule has 10 heteroatoms. The number of benzene rings is 2. The van der Waals surface area contributed by atoms with Crippen molar-refractivity contribution in [2.75, 3.05) is 24.2 Å². The van der Waals surface area contributed by atoms with E-state index in [4.69, 9.17) is 16.3 Å². The summed E-state index contributed by atoms with van der Waals surface area (Å²) in [5.41, 5.74) is 0.987. The Morgan fingerprint density at radius 1 is 1.11 bits per heavy atom. The first kappa shape index (κ1) is 26.8. The Kier molecular flexibility index (Phi) is 9.02. The van der Waals surface area contributed by atoms with E-state index < -0.39 is 28.5 Å². The van der Waals surface area contributed by atoms with Crippen molar-refractivity contribution in [2.24, 2.45) is 0 Å². The number of carbonyl (C=O) groups is 2. The van der Waals surface area contributed by atoms with E-state index in [-0.39, 0.29) is 18.5 Å². The summed E-state index contributed by atoms with van der Waals surface area (Å²) >= 11 is 6.34. The zero-order valence-corrected chi connectivity index (χ0v) is 21.8. The van der Waals surface area contributed by atoms with Gasteiger partial charge in [-0.3, -0.25) is 13.9 Å². The minimum Gasteiger partial charge on any atom is -0.497 e. The van der Waals surface area contributed by atoms with Crippen LogP contribution in [0, 0.1) is 0 Å². The maximum Gasteiger partial charge on any atom is 0.244 e. The lowest BCUT2D eigenvalue weighted by Gasteiger charge is -2.32. The van der Waals surface area contributed by atoms with Crippen LogP contribution in [0.15, 0.2) is 48.5 Å². The summed E-state index contributed by atoms with van der Waals surface area (Å²) in [7, 11) is -2.28. The summed E-state index contributed by atoms with van der Waals surface area (Å²) in [6, 6.07) is 12.7. The van der Waals surface area contributed by atoms with Gasteiger partial charge in [0, 0.05) is 17.6 Å². The number of halogens is 1. The van der Waals surface area contributed by atoms with Crippen LogP contribution in [0.25, 0.3) is 0 Å². The first-order valence-corrected chi connectivity index (χ1v) is 13.8. The summed E-state index contributed by atoms with van der Waals surface area (Å²) in [4.78, 5) is 28.0. The van der Waals surface area contributed by atoms with Crippen LogP contribution in [0.3, 0.4) is 0 Å². The fraction of sp³-hybridized carbons (Fsp3) is 0.440. The topological polar surface area (TPSA) is 96.0 Å². The van der Waals surface area contributed by atoms with Crippen molar-refractivity contribution in [3.8, 4) is 5.75 Å². The molecule has 0 bridgehead atoms. The largest absolute Gasteiger partial charge is 0.497 e. The number of carbonyl (C=O) groups excluding carboxylic acids is 2. The van der Waals surface area contributed by atoms with E-state index >= 15 is 0 Å². The second-order valence-electron chi connectivity index (χ2n) is 8.75. The van der Waals surface area contributed by atoms with Crippen LogP contribution >= 0.6 is 11.6 Å². The van der Waals surface area contributed by atoms with Crippen LogP contribution in [0.5, 0.6) is 5.75 Å². The number of amides is 2. The van der Waals surface area contributed by atoms with Crippen LogP contribution < -0.4 is 14.4 Å². The molecule has 2 aromatic rings. The molecule has 190 valence electrons. The van der Waals surface area contributed by atoms with E-state index in [1.165, 1.54) is 12.0 Å². The molecule has 1 atom stereocenters. The average molecular weight is 522 g/mol. The molecular formula is C25H32ClN3O5S. The van der Waals surface area contributed by atoms with Gasteiger partial charge in [0.2, 0.25) is 21.8 Å². The lowest BCUT2D eigenvalue weighted by molar-refractivity contribution is -0.139. The molecule has 1 fully saturated rings. The summed E-state index contributed by atoms with van der Waals surface area (Å²) < 4.78 is 31.4. The number of anilines is 1. The first-order chi connectivity index (χ1) is 16.6. The summed E-state index contributed by atoms with van der Waals surface area (Å²) in [6.45, 7) is 1.26. The van der Waals surface area contributed by atoms with Gasteiger partial charge in [0.15, 0.2) is 0 Å².